The second-order valence-electron chi connectivity index (χ2n) is 6.05. The SMILES string of the molecule is CC1CC(C(c2ccc(Cl)cc2)C(N=[N+]=[N-])C(=O)O)CC(C)O1. The minimum absolute atomic E-state index is 0.0408. The molecule has 4 unspecified atom stereocenters. The maximum absolute atomic E-state index is 11.7. The summed E-state index contributed by atoms with van der Waals surface area (Å²) < 4.78 is 5.75. The first-order valence-electron chi connectivity index (χ1n) is 7.60. The van der Waals surface area contributed by atoms with Crippen LogP contribution in [-0.2, 0) is 9.53 Å². The number of halogens is 1. The summed E-state index contributed by atoms with van der Waals surface area (Å²) in [5, 5.41) is 13.7. The number of ether oxygens (including phenoxy) is 1. The summed E-state index contributed by atoms with van der Waals surface area (Å²) >= 11 is 5.93. The number of carboxylic acid groups (broad SMARTS) is 1. The van der Waals surface area contributed by atoms with Gasteiger partial charge in [0.25, 0.3) is 0 Å². The van der Waals surface area contributed by atoms with Crippen molar-refractivity contribution >= 4 is 17.6 Å². The predicted octanol–water partition coefficient (Wildman–Crippen LogP) is 4.39. The van der Waals surface area contributed by atoms with E-state index in [2.05, 4.69) is 10.0 Å². The molecule has 1 fully saturated rings. The van der Waals surface area contributed by atoms with Crippen LogP contribution in [0.4, 0.5) is 0 Å². The van der Waals surface area contributed by atoms with Gasteiger partial charge in [-0.25, -0.2) is 0 Å². The van der Waals surface area contributed by atoms with E-state index in [-0.39, 0.29) is 18.1 Å². The fraction of sp³-hybridized carbons (Fsp3) is 0.562. The fourth-order valence-electron chi connectivity index (χ4n) is 3.48. The molecule has 124 valence electrons. The summed E-state index contributed by atoms with van der Waals surface area (Å²) in [7, 11) is 0. The zero-order chi connectivity index (χ0) is 17.0. The highest BCUT2D eigenvalue weighted by molar-refractivity contribution is 6.30. The van der Waals surface area contributed by atoms with Gasteiger partial charge in [0.15, 0.2) is 0 Å². The molecule has 1 aromatic rings. The minimum atomic E-state index is -1.15. The number of azide groups is 1. The van der Waals surface area contributed by atoms with Gasteiger partial charge in [-0.15, -0.1) is 0 Å². The highest BCUT2D eigenvalue weighted by Crippen LogP contribution is 2.40. The Morgan fingerprint density at radius 2 is 1.91 bits per heavy atom. The van der Waals surface area contributed by atoms with Crippen LogP contribution in [0.3, 0.4) is 0 Å². The maximum Gasteiger partial charge on any atom is 0.313 e. The van der Waals surface area contributed by atoms with Crippen LogP contribution in [0.2, 0.25) is 5.02 Å². The third-order valence-corrected chi connectivity index (χ3v) is 4.52. The summed E-state index contributed by atoms with van der Waals surface area (Å²) in [6, 6.07) is 5.92. The van der Waals surface area contributed by atoms with Gasteiger partial charge in [-0.1, -0.05) is 28.8 Å². The van der Waals surface area contributed by atoms with Crippen LogP contribution in [0.15, 0.2) is 29.4 Å². The largest absolute Gasteiger partial charge is 0.481 e. The second-order valence-corrected chi connectivity index (χ2v) is 6.49. The van der Waals surface area contributed by atoms with Crippen LogP contribution in [-0.4, -0.2) is 29.3 Å². The van der Waals surface area contributed by atoms with Gasteiger partial charge < -0.3 is 9.84 Å². The van der Waals surface area contributed by atoms with Crippen LogP contribution in [0.5, 0.6) is 0 Å². The van der Waals surface area contributed by atoms with E-state index in [1.165, 1.54) is 0 Å². The number of hydrogen-bond donors (Lipinski definition) is 1. The summed E-state index contributed by atoms with van der Waals surface area (Å²) in [6.45, 7) is 3.95. The van der Waals surface area contributed by atoms with Crippen LogP contribution >= 0.6 is 11.6 Å². The van der Waals surface area contributed by atoms with Crippen molar-refractivity contribution in [2.45, 2.75) is 50.9 Å². The van der Waals surface area contributed by atoms with Crippen molar-refractivity contribution in [2.24, 2.45) is 11.0 Å². The number of carboxylic acids is 1. The van der Waals surface area contributed by atoms with E-state index in [1.54, 1.807) is 24.3 Å². The molecule has 0 bridgehead atoms. The molecule has 0 saturated carbocycles. The highest BCUT2D eigenvalue weighted by atomic mass is 35.5. The van der Waals surface area contributed by atoms with Crippen LogP contribution in [0.1, 0.15) is 38.2 Å². The van der Waals surface area contributed by atoms with E-state index in [0.717, 1.165) is 18.4 Å². The molecule has 0 spiro atoms. The molecule has 6 nitrogen and oxygen atoms in total. The minimum Gasteiger partial charge on any atom is -0.481 e. The molecule has 2 rings (SSSR count). The molecular formula is C16H20ClN3O3. The monoisotopic (exact) mass is 337 g/mol. The van der Waals surface area contributed by atoms with Crippen molar-refractivity contribution in [1.29, 1.82) is 0 Å². The van der Waals surface area contributed by atoms with Gasteiger partial charge >= 0.3 is 5.97 Å². The molecule has 1 aliphatic heterocycles. The zero-order valence-electron chi connectivity index (χ0n) is 13.1. The highest BCUT2D eigenvalue weighted by Gasteiger charge is 2.38. The Morgan fingerprint density at radius 1 is 1.35 bits per heavy atom. The Hall–Kier alpha value is -1.75. The normalized spacial score (nSPS) is 26.8. The lowest BCUT2D eigenvalue weighted by molar-refractivity contribution is -0.140. The standard InChI is InChI=1S/C16H20ClN3O3/c1-9-7-12(8-10(2)23-9)14(15(16(21)22)19-20-18)11-3-5-13(17)6-4-11/h3-6,9-10,12,14-15H,7-8H2,1-2H3,(H,21,22). The fourth-order valence-corrected chi connectivity index (χ4v) is 3.60. The summed E-state index contributed by atoms with van der Waals surface area (Å²) in [6.07, 6.45) is 1.53. The number of benzene rings is 1. The molecule has 4 atom stereocenters. The summed E-state index contributed by atoms with van der Waals surface area (Å²) in [5.41, 5.74) is 9.60. The molecule has 1 heterocycles. The predicted molar refractivity (Wildman–Crippen MR) is 87.5 cm³/mol. The lowest BCUT2D eigenvalue weighted by atomic mass is 9.74. The van der Waals surface area contributed by atoms with Crippen molar-refractivity contribution in [2.75, 3.05) is 0 Å². The Morgan fingerprint density at radius 3 is 2.39 bits per heavy atom. The molecule has 1 N–H and O–H groups in total. The topological polar surface area (TPSA) is 95.3 Å². The number of hydrogen-bond acceptors (Lipinski definition) is 3. The van der Waals surface area contributed by atoms with E-state index in [1.807, 2.05) is 13.8 Å². The van der Waals surface area contributed by atoms with Gasteiger partial charge in [0.1, 0.15) is 6.04 Å². The number of nitrogens with zero attached hydrogens (tertiary/aromatic N) is 3. The average Bonchev–Trinajstić information content (AvgIpc) is 2.47. The van der Waals surface area contributed by atoms with E-state index in [0.29, 0.717) is 5.02 Å². The van der Waals surface area contributed by atoms with Crippen molar-refractivity contribution in [1.82, 2.24) is 0 Å². The van der Waals surface area contributed by atoms with E-state index in [9.17, 15) is 9.90 Å². The molecule has 0 aliphatic carbocycles. The third kappa shape index (κ3) is 4.38. The second kappa shape index (κ2) is 7.68. The lowest BCUT2D eigenvalue weighted by Gasteiger charge is -2.38. The van der Waals surface area contributed by atoms with Gasteiger partial charge in [0, 0.05) is 15.9 Å². The van der Waals surface area contributed by atoms with Crippen LogP contribution < -0.4 is 0 Å². The molecule has 7 heteroatoms. The average molecular weight is 338 g/mol. The number of carbonyl (C=O) groups is 1. The maximum atomic E-state index is 11.7. The van der Waals surface area contributed by atoms with Gasteiger partial charge in [-0.05, 0) is 55.8 Å². The Kier molecular flexibility index (Phi) is 5.88. The van der Waals surface area contributed by atoms with E-state index < -0.39 is 17.9 Å². The van der Waals surface area contributed by atoms with Crippen LogP contribution in [0.25, 0.3) is 10.4 Å². The van der Waals surface area contributed by atoms with Gasteiger partial charge in [-0.3, -0.25) is 4.79 Å². The zero-order valence-corrected chi connectivity index (χ0v) is 13.8. The Bertz CT molecular complexity index is 589. The summed E-state index contributed by atoms with van der Waals surface area (Å²) in [5.74, 6) is -1.47. The van der Waals surface area contributed by atoms with Crippen molar-refractivity contribution in [3.63, 3.8) is 0 Å². The molecular weight excluding hydrogens is 318 g/mol. The van der Waals surface area contributed by atoms with Crippen molar-refractivity contribution < 1.29 is 14.6 Å². The first-order chi connectivity index (χ1) is 10.9. The molecule has 1 saturated heterocycles. The first-order valence-corrected chi connectivity index (χ1v) is 7.98. The molecule has 0 aromatic heterocycles. The number of rotatable bonds is 5. The van der Waals surface area contributed by atoms with Gasteiger partial charge in [-0.2, -0.15) is 0 Å². The molecule has 0 amide bonds. The molecule has 23 heavy (non-hydrogen) atoms. The molecule has 1 aromatic carbocycles. The Balaban J connectivity index is 2.43. The van der Waals surface area contributed by atoms with Crippen LogP contribution in [0, 0.1) is 5.92 Å². The van der Waals surface area contributed by atoms with E-state index >= 15 is 0 Å². The molecule has 0 radical (unpaired) electrons. The van der Waals surface area contributed by atoms with E-state index in [4.69, 9.17) is 21.9 Å². The number of aliphatic carboxylic acids is 1. The lowest BCUT2D eigenvalue weighted by Crippen LogP contribution is -2.38. The quantitative estimate of drug-likeness (QED) is 0.490. The Labute approximate surface area is 140 Å². The third-order valence-electron chi connectivity index (χ3n) is 4.27. The van der Waals surface area contributed by atoms with Gasteiger partial charge in [0.2, 0.25) is 0 Å². The summed E-state index contributed by atoms with van der Waals surface area (Å²) in [4.78, 5) is 14.4. The van der Waals surface area contributed by atoms with Gasteiger partial charge in [0.05, 0.1) is 12.2 Å². The smallest absolute Gasteiger partial charge is 0.313 e. The molecule has 1 aliphatic rings. The van der Waals surface area contributed by atoms with Crippen molar-refractivity contribution in [3.05, 3.63) is 45.3 Å². The first kappa shape index (κ1) is 17.6. The van der Waals surface area contributed by atoms with Crippen molar-refractivity contribution in [3.8, 4) is 0 Å².